The number of carbonyl (C=O) groups excluding carboxylic acids is 1. The standard InChI is InChI=1S/C15H17N3O/c16-11-10-12-6-4-5-9-14(12)18-15(19)17-13-7-2-1-3-8-13/h1-9H,10-11,16H2,(H2,17,18,19). The molecule has 0 saturated carbocycles. The predicted molar refractivity (Wildman–Crippen MR) is 78.3 cm³/mol. The zero-order valence-electron chi connectivity index (χ0n) is 10.6. The van der Waals surface area contributed by atoms with E-state index >= 15 is 0 Å². The molecule has 0 aromatic heterocycles. The van der Waals surface area contributed by atoms with Gasteiger partial charge in [0.2, 0.25) is 0 Å². The SMILES string of the molecule is NCCc1ccccc1NC(=O)Nc1ccccc1. The summed E-state index contributed by atoms with van der Waals surface area (Å²) in [5.41, 5.74) is 8.14. The van der Waals surface area contributed by atoms with Crippen LogP contribution in [-0.2, 0) is 6.42 Å². The van der Waals surface area contributed by atoms with Crippen molar-refractivity contribution in [3.05, 3.63) is 60.2 Å². The molecule has 98 valence electrons. The summed E-state index contributed by atoms with van der Waals surface area (Å²) in [6.07, 6.45) is 0.738. The molecule has 4 N–H and O–H groups in total. The number of anilines is 2. The van der Waals surface area contributed by atoms with Gasteiger partial charge in [-0.1, -0.05) is 36.4 Å². The van der Waals surface area contributed by atoms with Crippen LogP contribution in [0.2, 0.25) is 0 Å². The number of nitrogens with two attached hydrogens (primary N) is 1. The third-order valence-corrected chi connectivity index (χ3v) is 2.71. The fourth-order valence-corrected chi connectivity index (χ4v) is 1.82. The largest absolute Gasteiger partial charge is 0.330 e. The minimum absolute atomic E-state index is 0.254. The molecule has 0 atom stereocenters. The van der Waals surface area contributed by atoms with E-state index < -0.39 is 0 Å². The van der Waals surface area contributed by atoms with Gasteiger partial charge in [0, 0.05) is 11.4 Å². The van der Waals surface area contributed by atoms with Crippen LogP contribution in [0.4, 0.5) is 16.2 Å². The monoisotopic (exact) mass is 255 g/mol. The Morgan fingerprint density at radius 2 is 1.63 bits per heavy atom. The zero-order chi connectivity index (χ0) is 13.5. The smallest absolute Gasteiger partial charge is 0.323 e. The van der Waals surface area contributed by atoms with Gasteiger partial charge in [-0.25, -0.2) is 4.79 Å². The molecule has 0 aliphatic heterocycles. The van der Waals surface area contributed by atoms with Gasteiger partial charge in [-0.15, -0.1) is 0 Å². The van der Waals surface area contributed by atoms with Gasteiger partial charge >= 0.3 is 6.03 Å². The van der Waals surface area contributed by atoms with E-state index in [0.717, 1.165) is 23.4 Å². The van der Waals surface area contributed by atoms with Gasteiger partial charge in [0.15, 0.2) is 0 Å². The van der Waals surface area contributed by atoms with Gasteiger partial charge in [0.05, 0.1) is 0 Å². The number of carbonyl (C=O) groups is 1. The lowest BCUT2D eigenvalue weighted by atomic mass is 10.1. The van der Waals surface area contributed by atoms with Crippen molar-refractivity contribution in [1.82, 2.24) is 0 Å². The molecule has 0 radical (unpaired) electrons. The van der Waals surface area contributed by atoms with E-state index in [-0.39, 0.29) is 6.03 Å². The number of hydrogen-bond donors (Lipinski definition) is 3. The Labute approximate surface area is 112 Å². The molecule has 0 heterocycles. The Balaban J connectivity index is 2.03. The van der Waals surface area contributed by atoms with Crippen molar-refractivity contribution >= 4 is 17.4 Å². The first-order valence-electron chi connectivity index (χ1n) is 6.20. The van der Waals surface area contributed by atoms with E-state index in [2.05, 4.69) is 10.6 Å². The summed E-state index contributed by atoms with van der Waals surface area (Å²) in [6.45, 7) is 0.555. The molecule has 0 spiro atoms. The van der Waals surface area contributed by atoms with Crippen LogP contribution in [0.25, 0.3) is 0 Å². The van der Waals surface area contributed by atoms with Gasteiger partial charge in [-0.3, -0.25) is 0 Å². The molecule has 4 nitrogen and oxygen atoms in total. The average Bonchev–Trinajstić information content (AvgIpc) is 2.42. The van der Waals surface area contributed by atoms with E-state index in [1.807, 2.05) is 54.6 Å². The Bertz CT molecular complexity index is 540. The molecule has 0 fully saturated rings. The van der Waals surface area contributed by atoms with Crippen LogP contribution in [0.3, 0.4) is 0 Å². The van der Waals surface area contributed by atoms with Crippen LogP contribution in [0.1, 0.15) is 5.56 Å². The maximum Gasteiger partial charge on any atom is 0.323 e. The molecule has 0 saturated heterocycles. The van der Waals surface area contributed by atoms with Gasteiger partial charge in [-0.05, 0) is 36.7 Å². The summed E-state index contributed by atoms with van der Waals surface area (Å²) >= 11 is 0. The topological polar surface area (TPSA) is 67.1 Å². The van der Waals surface area contributed by atoms with Crippen LogP contribution < -0.4 is 16.4 Å². The van der Waals surface area contributed by atoms with Crippen molar-refractivity contribution in [1.29, 1.82) is 0 Å². The maximum absolute atomic E-state index is 11.9. The normalized spacial score (nSPS) is 9.95. The second kappa shape index (κ2) is 6.56. The number of urea groups is 1. The lowest BCUT2D eigenvalue weighted by molar-refractivity contribution is 0.262. The Morgan fingerprint density at radius 3 is 2.37 bits per heavy atom. The number of amides is 2. The zero-order valence-corrected chi connectivity index (χ0v) is 10.6. The highest BCUT2D eigenvalue weighted by atomic mass is 16.2. The van der Waals surface area contributed by atoms with Gasteiger partial charge in [0.1, 0.15) is 0 Å². The van der Waals surface area contributed by atoms with Crippen molar-refractivity contribution in [3.8, 4) is 0 Å². The fourth-order valence-electron chi connectivity index (χ4n) is 1.82. The molecule has 2 aromatic rings. The first-order valence-corrected chi connectivity index (χ1v) is 6.20. The quantitative estimate of drug-likeness (QED) is 0.786. The molecule has 2 amide bonds. The summed E-state index contributed by atoms with van der Waals surface area (Å²) in [6, 6.07) is 16.7. The van der Waals surface area contributed by atoms with E-state index in [1.165, 1.54) is 0 Å². The van der Waals surface area contributed by atoms with Crippen LogP contribution in [0.15, 0.2) is 54.6 Å². The van der Waals surface area contributed by atoms with Crippen molar-refractivity contribution in [2.45, 2.75) is 6.42 Å². The second-order valence-corrected chi connectivity index (χ2v) is 4.14. The highest BCUT2D eigenvalue weighted by molar-refractivity contribution is 6.00. The highest BCUT2D eigenvalue weighted by Crippen LogP contribution is 2.15. The minimum Gasteiger partial charge on any atom is -0.330 e. The summed E-state index contributed by atoms with van der Waals surface area (Å²) < 4.78 is 0. The fraction of sp³-hybridized carbons (Fsp3) is 0.133. The van der Waals surface area contributed by atoms with Crippen molar-refractivity contribution in [2.75, 3.05) is 17.2 Å². The first-order chi connectivity index (χ1) is 9.29. The van der Waals surface area contributed by atoms with E-state index in [4.69, 9.17) is 5.73 Å². The molecule has 4 heteroatoms. The van der Waals surface area contributed by atoms with Crippen LogP contribution >= 0.6 is 0 Å². The van der Waals surface area contributed by atoms with Crippen LogP contribution in [-0.4, -0.2) is 12.6 Å². The third kappa shape index (κ3) is 3.82. The average molecular weight is 255 g/mol. The van der Waals surface area contributed by atoms with E-state index in [1.54, 1.807) is 0 Å². The molecule has 0 aliphatic rings. The van der Waals surface area contributed by atoms with Gasteiger partial charge < -0.3 is 16.4 Å². The molecular formula is C15H17N3O. The Hall–Kier alpha value is -2.33. The van der Waals surface area contributed by atoms with Crippen molar-refractivity contribution in [2.24, 2.45) is 5.73 Å². The molecule has 19 heavy (non-hydrogen) atoms. The van der Waals surface area contributed by atoms with E-state index in [9.17, 15) is 4.79 Å². The Kier molecular flexibility index (Phi) is 4.53. The van der Waals surface area contributed by atoms with Gasteiger partial charge in [0.25, 0.3) is 0 Å². The lowest BCUT2D eigenvalue weighted by Crippen LogP contribution is -2.20. The van der Waals surface area contributed by atoms with Gasteiger partial charge in [-0.2, -0.15) is 0 Å². The second-order valence-electron chi connectivity index (χ2n) is 4.14. The number of hydrogen-bond acceptors (Lipinski definition) is 2. The lowest BCUT2D eigenvalue weighted by Gasteiger charge is -2.11. The summed E-state index contributed by atoms with van der Waals surface area (Å²) in [4.78, 5) is 11.9. The Morgan fingerprint density at radius 1 is 0.947 bits per heavy atom. The van der Waals surface area contributed by atoms with E-state index in [0.29, 0.717) is 6.54 Å². The predicted octanol–water partition coefficient (Wildman–Crippen LogP) is 2.83. The summed E-state index contributed by atoms with van der Waals surface area (Å²) in [5.74, 6) is 0. The molecule has 0 bridgehead atoms. The van der Waals surface area contributed by atoms with Crippen molar-refractivity contribution in [3.63, 3.8) is 0 Å². The van der Waals surface area contributed by atoms with Crippen LogP contribution in [0.5, 0.6) is 0 Å². The highest BCUT2D eigenvalue weighted by Gasteiger charge is 2.05. The number of para-hydroxylation sites is 2. The molecule has 2 aromatic carbocycles. The number of nitrogens with one attached hydrogen (secondary N) is 2. The first kappa shape index (κ1) is 13.1. The third-order valence-electron chi connectivity index (χ3n) is 2.71. The number of rotatable bonds is 4. The molecule has 0 aliphatic carbocycles. The molecular weight excluding hydrogens is 238 g/mol. The number of benzene rings is 2. The van der Waals surface area contributed by atoms with Crippen molar-refractivity contribution < 1.29 is 4.79 Å². The molecule has 0 unspecified atom stereocenters. The summed E-state index contributed by atoms with van der Waals surface area (Å²) in [7, 11) is 0. The molecule has 2 rings (SSSR count). The summed E-state index contributed by atoms with van der Waals surface area (Å²) in [5, 5.41) is 5.62. The maximum atomic E-state index is 11.9. The minimum atomic E-state index is -0.254. The van der Waals surface area contributed by atoms with Crippen LogP contribution in [0, 0.1) is 0 Å².